The fourth-order valence-electron chi connectivity index (χ4n) is 4.47. The van der Waals surface area contributed by atoms with Crippen molar-refractivity contribution in [3.05, 3.63) is 35.0 Å². The number of halogens is 1. The van der Waals surface area contributed by atoms with Crippen molar-refractivity contribution in [2.75, 3.05) is 13.1 Å². The number of carbonyl (C=O) groups excluding carboxylic acids is 1. The van der Waals surface area contributed by atoms with Crippen LogP contribution in [0.15, 0.2) is 28.9 Å². The average molecular weight is 317 g/mol. The van der Waals surface area contributed by atoms with Crippen LogP contribution >= 0.6 is 11.6 Å². The van der Waals surface area contributed by atoms with Gasteiger partial charge in [0, 0.05) is 23.0 Å². The lowest BCUT2D eigenvalue weighted by Crippen LogP contribution is -2.51. The molecule has 3 atom stereocenters. The molecule has 2 unspecified atom stereocenters. The minimum absolute atomic E-state index is 0.00388. The molecule has 5 rings (SSSR count). The smallest absolute Gasteiger partial charge is 0.251 e. The third-order valence-electron chi connectivity index (χ3n) is 5.74. The first-order valence-corrected chi connectivity index (χ1v) is 8.28. The first kappa shape index (κ1) is 13.0. The van der Waals surface area contributed by atoms with Crippen molar-refractivity contribution >= 4 is 28.5 Å². The quantitative estimate of drug-likeness (QED) is 0.926. The summed E-state index contributed by atoms with van der Waals surface area (Å²) in [7, 11) is 0. The largest absolute Gasteiger partial charge is 0.463 e. The highest BCUT2D eigenvalue weighted by Gasteiger charge is 2.63. The van der Waals surface area contributed by atoms with E-state index in [1.165, 1.54) is 32.1 Å². The van der Waals surface area contributed by atoms with Gasteiger partial charge >= 0.3 is 0 Å². The second-order valence-electron chi connectivity index (χ2n) is 6.84. The lowest BCUT2D eigenvalue weighted by atomic mass is 9.91. The number of piperidine rings is 1. The predicted octanol–water partition coefficient (Wildman–Crippen LogP) is 3.05. The van der Waals surface area contributed by atoms with Crippen molar-refractivity contribution in [1.82, 2.24) is 10.2 Å². The van der Waals surface area contributed by atoms with Gasteiger partial charge in [-0.05, 0) is 49.9 Å². The third-order valence-corrected chi connectivity index (χ3v) is 6.03. The van der Waals surface area contributed by atoms with Gasteiger partial charge in [-0.15, -0.1) is 0 Å². The molecule has 1 aliphatic carbocycles. The lowest BCUT2D eigenvalue weighted by Gasteiger charge is -2.33. The Morgan fingerprint density at radius 1 is 1.41 bits per heavy atom. The molecular weight excluding hydrogens is 300 g/mol. The Balaban J connectivity index is 1.43. The maximum Gasteiger partial charge on any atom is 0.251 e. The molecule has 1 spiro atoms. The van der Waals surface area contributed by atoms with E-state index >= 15 is 0 Å². The Kier molecular flexibility index (Phi) is 2.52. The van der Waals surface area contributed by atoms with Gasteiger partial charge in [0.25, 0.3) is 5.91 Å². The monoisotopic (exact) mass is 316 g/mol. The van der Waals surface area contributed by atoms with Gasteiger partial charge in [0.2, 0.25) is 0 Å². The van der Waals surface area contributed by atoms with E-state index < -0.39 is 0 Å². The summed E-state index contributed by atoms with van der Waals surface area (Å²) in [6.07, 6.45) is 5.16. The van der Waals surface area contributed by atoms with E-state index in [4.69, 9.17) is 16.0 Å². The minimum atomic E-state index is 0.00388. The summed E-state index contributed by atoms with van der Waals surface area (Å²) in [5.41, 5.74) is 1.64. The van der Waals surface area contributed by atoms with Gasteiger partial charge in [-0.2, -0.15) is 0 Å². The van der Waals surface area contributed by atoms with Crippen LogP contribution in [0.5, 0.6) is 0 Å². The highest BCUT2D eigenvalue weighted by molar-refractivity contribution is 6.35. The summed E-state index contributed by atoms with van der Waals surface area (Å²) in [6, 6.07) is 5.76. The zero-order valence-electron chi connectivity index (χ0n) is 12.1. The summed E-state index contributed by atoms with van der Waals surface area (Å²) in [4.78, 5) is 15.2. The number of nitrogens with zero attached hydrogens (tertiary/aromatic N) is 1. The molecule has 2 aromatic rings. The van der Waals surface area contributed by atoms with Gasteiger partial charge in [0.1, 0.15) is 11.8 Å². The summed E-state index contributed by atoms with van der Waals surface area (Å²) in [5.74, 6) is 0.622. The van der Waals surface area contributed by atoms with Gasteiger partial charge < -0.3 is 9.73 Å². The number of nitrogens with one attached hydrogen (secondary N) is 1. The van der Waals surface area contributed by atoms with Gasteiger partial charge in [-0.1, -0.05) is 11.6 Å². The van der Waals surface area contributed by atoms with Crippen molar-refractivity contribution in [1.29, 1.82) is 0 Å². The molecule has 1 saturated carbocycles. The van der Waals surface area contributed by atoms with Crippen LogP contribution in [0, 0.1) is 5.92 Å². The highest BCUT2D eigenvalue weighted by Crippen LogP contribution is 2.55. The molecule has 3 fully saturated rings. The van der Waals surface area contributed by atoms with E-state index in [1.54, 1.807) is 0 Å². The summed E-state index contributed by atoms with van der Waals surface area (Å²) in [5, 5.41) is 4.65. The van der Waals surface area contributed by atoms with E-state index in [2.05, 4.69) is 10.2 Å². The van der Waals surface area contributed by atoms with E-state index in [0.29, 0.717) is 28.1 Å². The zero-order chi connectivity index (χ0) is 14.9. The summed E-state index contributed by atoms with van der Waals surface area (Å²) < 4.78 is 5.33. The van der Waals surface area contributed by atoms with Gasteiger partial charge in [0.15, 0.2) is 0 Å². The molecule has 4 nitrogen and oxygen atoms in total. The molecule has 3 aliphatic rings. The van der Waals surface area contributed by atoms with Crippen molar-refractivity contribution in [2.45, 2.75) is 30.8 Å². The molecule has 1 aromatic carbocycles. The van der Waals surface area contributed by atoms with Crippen LogP contribution in [0.4, 0.5) is 0 Å². The standard InChI is InChI=1S/C17H17ClN2O2/c18-13-9-22-14-2-1-10(7-12(13)14)16(21)19-15-11-3-6-20(8-11)17(15)4-5-17/h1-2,7,9,11,15H,3-6,8H2,(H,19,21)/t11?,15-/m1/s1. The van der Waals surface area contributed by atoms with E-state index in [-0.39, 0.29) is 11.4 Å². The van der Waals surface area contributed by atoms with E-state index in [9.17, 15) is 4.79 Å². The SMILES string of the molecule is O=C(N[C@@H]1C2CCN(C2)C12CC2)c1ccc2occ(Cl)c2c1. The van der Waals surface area contributed by atoms with Crippen molar-refractivity contribution in [3.63, 3.8) is 0 Å². The second-order valence-corrected chi connectivity index (χ2v) is 7.25. The number of hydrogen-bond donors (Lipinski definition) is 1. The van der Waals surface area contributed by atoms with Crippen molar-refractivity contribution in [3.8, 4) is 0 Å². The van der Waals surface area contributed by atoms with Gasteiger partial charge in [0.05, 0.1) is 11.1 Å². The highest BCUT2D eigenvalue weighted by atomic mass is 35.5. The van der Waals surface area contributed by atoms with Crippen LogP contribution in [0.2, 0.25) is 5.02 Å². The van der Waals surface area contributed by atoms with Crippen LogP contribution in [-0.4, -0.2) is 35.5 Å². The van der Waals surface area contributed by atoms with E-state index in [0.717, 1.165) is 11.9 Å². The molecule has 2 bridgehead atoms. The fourth-order valence-corrected chi connectivity index (χ4v) is 4.66. The number of furan rings is 1. The number of fused-ring (bicyclic) bond motifs is 4. The molecule has 2 aliphatic heterocycles. The number of amides is 1. The molecule has 2 saturated heterocycles. The maximum atomic E-state index is 12.7. The van der Waals surface area contributed by atoms with Crippen LogP contribution < -0.4 is 5.32 Å². The topological polar surface area (TPSA) is 45.5 Å². The summed E-state index contributed by atoms with van der Waals surface area (Å²) >= 11 is 6.09. The Morgan fingerprint density at radius 3 is 3.09 bits per heavy atom. The van der Waals surface area contributed by atoms with Crippen LogP contribution in [0.25, 0.3) is 11.0 Å². The minimum Gasteiger partial charge on any atom is -0.463 e. The first-order valence-electron chi connectivity index (χ1n) is 7.90. The molecule has 1 amide bonds. The van der Waals surface area contributed by atoms with Crippen molar-refractivity contribution in [2.24, 2.45) is 5.92 Å². The summed E-state index contributed by atoms with van der Waals surface area (Å²) in [6.45, 7) is 2.35. The zero-order valence-corrected chi connectivity index (χ0v) is 12.9. The Morgan fingerprint density at radius 2 is 2.27 bits per heavy atom. The Hall–Kier alpha value is -1.52. The molecule has 22 heavy (non-hydrogen) atoms. The molecule has 0 radical (unpaired) electrons. The maximum absolute atomic E-state index is 12.7. The van der Waals surface area contributed by atoms with Crippen molar-refractivity contribution < 1.29 is 9.21 Å². The Labute approximate surface area is 133 Å². The fraction of sp³-hybridized carbons (Fsp3) is 0.471. The molecule has 114 valence electrons. The number of benzene rings is 1. The normalized spacial score (nSPS) is 31.0. The molecule has 5 heteroatoms. The average Bonchev–Trinajstić information content (AvgIpc) is 2.90. The van der Waals surface area contributed by atoms with Gasteiger partial charge in [-0.25, -0.2) is 0 Å². The van der Waals surface area contributed by atoms with E-state index in [1.807, 2.05) is 18.2 Å². The lowest BCUT2D eigenvalue weighted by molar-refractivity contribution is 0.0892. The molecule has 3 heterocycles. The third kappa shape index (κ3) is 1.65. The number of rotatable bonds is 2. The van der Waals surface area contributed by atoms with Crippen LogP contribution in [-0.2, 0) is 0 Å². The van der Waals surface area contributed by atoms with Crippen LogP contribution in [0.3, 0.4) is 0 Å². The number of hydrogen-bond acceptors (Lipinski definition) is 3. The predicted molar refractivity (Wildman–Crippen MR) is 84.1 cm³/mol. The van der Waals surface area contributed by atoms with Gasteiger partial charge in [-0.3, -0.25) is 9.69 Å². The Bertz CT molecular complexity index is 780. The molecular formula is C17H17ClN2O2. The molecule has 1 N–H and O–H groups in total. The van der Waals surface area contributed by atoms with Crippen LogP contribution in [0.1, 0.15) is 29.6 Å². The molecule has 1 aromatic heterocycles. The second kappa shape index (κ2) is 4.27. The number of carbonyl (C=O) groups is 1. The first-order chi connectivity index (χ1) is 10.7.